The van der Waals surface area contributed by atoms with Crippen molar-refractivity contribution in [3.8, 4) is 6.07 Å². The van der Waals surface area contributed by atoms with Gasteiger partial charge in [-0.1, -0.05) is 0 Å². The number of hydrogen-bond donors (Lipinski definition) is 2. The lowest BCUT2D eigenvalue weighted by Gasteiger charge is -2.30. The lowest BCUT2D eigenvalue weighted by atomic mass is 10.2. The Kier molecular flexibility index (Phi) is 6.05. The van der Waals surface area contributed by atoms with Gasteiger partial charge >= 0.3 is 0 Å². The Morgan fingerprint density at radius 2 is 2.22 bits per heavy atom. The van der Waals surface area contributed by atoms with E-state index >= 15 is 0 Å². The van der Waals surface area contributed by atoms with Crippen LogP contribution in [-0.2, 0) is 4.74 Å². The van der Waals surface area contributed by atoms with Crippen molar-refractivity contribution in [2.45, 2.75) is 19.2 Å². The number of aromatic nitrogens is 4. The van der Waals surface area contributed by atoms with Gasteiger partial charge in [-0.2, -0.15) is 5.26 Å². The molecule has 2 aromatic heterocycles. The molecule has 2 atom stereocenters. The number of nitriles is 1. The number of morpholine rings is 1. The molecule has 27 heavy (non-hydrogen) atoms. The summed E-state index contributed by atoms with van der Waals surface area (Å²) in [6, 6.07) is 3.57. The maximum absolute atomic E-state index is 13.9. The molecule has 10 heteroatoms. The minimum absolute atomic E-state index is 0.0143. The molecule has 3 heterocycles. The number of likely N-dealkylation sites (N-methyl/N-ethyl adjacent to an activating group) is 1. The first-order valence-electron chi connectivity index (χ1n) is 8.60. The van der Waals surface area contributed by atoms with Crippen LogP contribution in [0.1, 0.15) is 24.5 Å². The van der Waals surface area contributed by atoms with E-state index in [-0.39, 0.29) is 17.5 Å². The predicted molar refractivity (Wildman–Crippen MR) is 97.3 cm³/mol. The van der Waals surface area contributed by atoms with Crippen LogP contribution in [0.5, 0.6) is 0 Å². The minimum atomic E-state index is -1.27. The summed E-state index contributed by atoms with van der Waals surface area (Å²) in [4.78, 5) is 10.2. The van der Waals surface area contributed by atoms with E-state index in [1.54, 1.807) is 6.07 Å². The number of hydrogen-bond acceptors (Lipinski definition) is 9. The minimum Gasteiger partial charge on any atom is -0.381 e. The first-order valence-corrected chi connectivity index (χ1v) is 8.60. The van der Waals surface area contributed by atoms with Gasteiger partial charge in [0.25, 0.3) is 0 Å². The van der Waals surface area contributed by atoms with Crippen LogP contribution in [0.15, 0.2) is 18.5 Å². The van der Waals surface area contributed by atoms with Gasteiger partial charge in [-0.25, -0.2) is 14.4 Å². The summed E-state index contributed by atoms with van der Waals surface area (Å²) in [6.45, 7) is 4.33. The number of nitrogens with zero attached hydrogens (tertiary/aromatic N) is 6. The highest BCUT2D eigenvalue weighted by Gasteiger charge is 2.19. The fourth-order valence-corrected chi connectivity index (χ4v) is 2.69. The molecule has 0 saturated carbocycles. The van der Waals surface area contributed by atoms with E-state index in [4.69, 9.17) is 10.00 Å². The van der Waals surface area contributed by atoms with Gasteiger partial charge in [-0.3, -0.25) is 0 Å². The molecule has 0 radical (unpaired) electrons. The van der Waals surface area contributed by atoms with Gasteiger partial charge in [0.1, 0.15) is 23.8 Å². The fourth-order valence-electron chi connectivity index (χ4n) is 2.69. The molecule has 0 aliphatic carbocycles. The summed E-state index contributed by atoms with van der Waals surface area (Å²) in [5.41, 5.74) is 0.990. The van der Waals surface area contributed by atoms with Crippen molar-refractivity contribution >= 4 is 17.3 Å². The van der Waals surface area contributed by atoms with Crippen LogP contribution >= 0.6 is 0 Å². The third kappa shape index (κ3) is 5.06. The summed E-state index contributed by atoms with van der Waals surface area (Å²) >= 11 is 0. The van der Waals surface area contributed by atoms with Crippen LogP contribution in [0.25, 0.3) is 0 Å². The molecule has 142 valence electrons. The van der Waals surface area contributed by atoms with Crippen molar-refractivity contribution in [2.24, 2.45) is 0 Å². The first kappa shape index (κ1) is 18.9. The summed E-state index contributed by atoms with van der Waals surface area (Å²) < 4.78 is 19.6. The van der Waals surface area contributed by atoms with Gasteiger partial charge in [0.05, 0.1) is 30.8 Å². The molecule has 1 saturated heterocycles. The van der Waals surface area contributed by atoms with Gasteiger partial charge in [0.2, 0.25) is 0 Å². The number of anilines is 3. The molecule has 0 spiro atoms. The number of ether oxygens (including phenoxy) is 1. The standard InChI is InChI=1S/C17H21FN8O/c1-11(18)17-14(21-8-13-10-26(2)3-4-27-13)5-15(24-25-17)23-16-9-20-12(6-19)7-22-16/h5,7,9,11,13H,3-4,8,10H2,1-2H3,(H2,21,22,23,24)/t11?,13-/m1/s1. The maximum atomic E-state index is 13.9. The molecule has 1 aliphatic rings. The molecule has 2 N–H and O–H groups in total. The summed E-state index contributed by atoms with van der Waals surface area (Å²) in [5, 5.41) is 22.9. The Labute approximate surface area is 156 Å². The number of halogens is 1. The molecule has 1 aliphatic heterocycles. The Bertz CT molecular complexity index is 808. The van der Waals surface area contributed by atoms with Crippen LogP contribution in [0.3, 0.4) is 0 Å². The zero-order chi connectivity index (χ0) is 19.2. The summed E-state index contributed by atoms with van der Waals surface area (Å²) in [5.74, 6) is 0.801. The number of alkyl halides is 1. The average molecular weight is 372 g/mol. The van der Waals surface area contributed by atoms with E-state index in [2.05, 4.69) is 35.7 Å². The first-order chi connectivity index (χ1) is 13.0. The van der Waals surface area contributed by atoms with E-state index in [0.29, 0.717) is 30.5 Å². The fraction of sp³-hybridized carbons (Fsp3) is 0.471. The van der Waals surface area contributed by atoms with Crippen LogP contribution in [0, 0.1) is 11.3 Å². The van der Waals surface area contributed by atoms with Gasteiger partial charge in [0.15, 0.2) is 11.5 Å². The van der Waals surface area contributed by atoms with Crippen molar-refractivity contribution in [2.75, 3.05) is 43.9 Å². The smallest absolute Gasteiger partial charge is 0.158 e. The van der Waals surface area contributed by atoms with Crippen LogP contribution in [0.2, 0.25) is 0 Å². The Morgan fingerprint density at radius 1 is 1.37 bits per heavy atom. The zero-order valence-corrected chi connectivity index (χ0v) is 15.2. The molecule has 1 unspecified atom stereocenters. The van der Waals surface area contributed by atoms with E-state index in [1.807, 2.05) is 13.1 Å². The van der Waals surface area contributed by atoms with E-state index < -0.39 is 6.17 Å². The largest absolute Gasteiger partial charge is 0.381 e. The SMILES string of the molecule is CC(F)c1nnc(Nc2cnc(C#N)cn2)cc1NC[C@@H]1CN(C)CCO1. The Hall–Kier alpha value is -2.90. The zero-order valence-electron chi connectivity index (χ0n) is 15.2. The van der Waals surface area contributed by atoms with Crippen molar-refractivity contribution in [3.05, 3.63) is 29.8 Å². The molecular formula is C17H21FN8O. The van der Waals surface area contributed by atoms with E-state index in [1.165, 1.54) is 19.3 Å². The molecule has 9 nitrogen and oxygen atoms in total. The van der Waals surface area contributed by atoms with Crippen molar-refractivity contribution < 1.29 is 9.13 Å². The molecule has 0 aromatic carbocycles. The maximum Gasteiger partial charge on any atom is 0.158 e. The lowest BCUT2D eigenvalue weighted by molar-refractivity contribution is -0.0117. The Balaban J connectivity index is 1.72. The van der Waals surface area contributed by atoms with Crippen molar-refractivity contribution in [3.63, 3.8) is 0 Å². The second kappa shape index (κ2) is 8.66. The highest BCUT2D eigenvalue weighted by Crippen LogP contribution is 2.26. The second-order valence-electron chi connectivity index (χ2n) is 6.30. The van der Waals surface area contributed by atoms with Crippen molar-refractivity contribution in [1.82, 2.24) is 25.1 Å². The van der Waals surface area contributed by atoms with Crippen LogP contribution in [0.4, 0.5) is 21.7 Å². The highest BCUT2D eigenvalue weighted by atomic mass is 19.1. The molecule has 0 bridgehead atoms. The monoisotopic (exact) mass is 372 g/mol. The van der Waals surface area contributed by atoms with Gasteiger partial charge < -0.3 is 20.3 Å². The quantitative estimate of drug-likeness (QED) is 0.781. The topological polar surface area (TPSA) is 112 Å². The third-order valence-corrected chi connectivity index (χ3v) is 4.08. The van der Waals surface area contributed by atoms with Crippen molar-refractivity contribution in [1.29, 1.82) is 5.26 Å². The second-order valence-corrected chi connectivity index (χ2v) is 6.30. The van der Waals surface area contributed by atoms with E-state index in [0.717, 1.165) is 13.1 Å². The molecule has 0 amide bonds. The molecule has 1 fully saturated rings. The van der Waals surface area contributed by atoms with Crippen LogP contribution < -0.4 is 10.6 Å². The normalized spacial score (nSPS) is 18.5. The van der Waals surface area contributed by atoms with Gasteiger partial charge in [0, 0.05) is 25.7 Å². The third-order valence-electron chi connectivity index (χ3n) is 4.08. The van der Waals surface area contributed by atoms with Gasteiger partial charge in [-0.15, -0.1) is 10.2 Å². The lowest BCUT2D eigenvalue weighted by Crippen LogP contribution is -2.43. The molecular weight excluding hydrogens is 351 g/mol. The molecule has 3 rings (SSSR count). The summed E-state index contributed by atoms with van der Waals surface area (Å²) in [7, 11) is 2.04. The highest BCUT2D eigenvalue weighted by molar-refractivity contribution is 5.59. The molecule has 2 aromatic rings. The van der Waals surface area contributed by atoms with E-state index in [9.17, 15) is 4.39 Å². The van der Waals surface area contributed by atoms with Gasteiger partial charge in [-0.05, 0) is 14.0 Å². The number of rotatable bonds is 6. The predicted octanol–water partition coefficient (Wildman–Crippen LogP) is 1.65. The Morgan fingerprint density at radius 3 is 2.89 bits per heavy atom. The number of nitrogens with one attached hydrogen (secondary N) is 2. The summed E-state index contributed by atoms with van der Waals surface area (Å²) in [6.07, 6.45) is 1.52. The average Bonchev–Trinajstić information content (AvgIpc) is 2.67. The van der Waals surface area contributed by atoms with Crippen LogP contribution in [-0.4, -0.2) is 64.5 Å².